The van der Waals surface area contributed by atoms with Gasteiger partial charge in [0, 0.05) is 48.4 Å². The van der Waals surface area contributed by atoms with E-state index in [4.69, 9.17) is 9.47 Å². The molecule has 13 nitrogen and oxygen atoms in total. The molecule has 8 rings (SSSR count). The van der Waals surface area contributed by atoms with Crippen LogP contribution in [0.4, 0.5) is 5.69 Å². The first-order chi connectivity index (χ1) is 27.7. The fourth-order valence-electron chi connectivity index (χ4n) is 7.57. The SMILES string of the molecule is O=C1CCC(N2C(=O)c3ccc(NCCCN4CCCN(CCOc5ccc(Oc6c(-c7ccc(O)cc7)sc7cc(O)ccc67)cc5)CC4)cc3C2=O)C(=O)N1. The van der Waals surface area contributed by atoms with Gasteiger partial charge in [0.15, 0.2) is 5.75 Å². The lowest BCUT2D eigenvalue weighted by atomic mass is 10.0. The first kappa shape index (κ1) is 37.9. The van der Waals surface area contributed by atoms with E-state index in [0.29, 0.717) is 24.7 Å². The molecule has 294 valence electrons. The number of piperidine rings is 1. The summed E-state index contributed by atoms with van der Waals surface area (Å²) in [6.45, 7) is 6.93. The van der Waals surface area contributed by atoms with Crippen molar-refractivity contribution in [3.8, 4) is 39.2 Å². The van der Waals surface area contributed by atoms with E-state index in [2.05, 4.69) is 20.4 Å². The molecule has 2 fully saturated rings. The largest absolute Gasteiger partial charge is 0.508 e. The topological polar surface area (TPSA) is 161 Å². The van der Waals surface area contributed by atoms with Crippen molar-refractivity contribution < 1.29 is 38.9 Å². The third-order valence-electron chi connectivity index (χ3n) is 10.6. The molecule has 0 radical (unpaired) electrons. The second-order valence-electron chi connectivity index (χ2n) is 14.4. The summed E-state index contributed by atoms with van der Waals surface area (Å²) in [4.78, 5) is 56.8. The smallest absolute Gasteiger partial charge is 0.262 e. The molecule has 5 aromatic rings. The highest BCUT2D eigenvalue weighted by Gasteiger charge is 2.44. The maximum Gasteiger partial charge on any atom is 0.262 e. The summed E-state index contributed by atoms with van der Waals surface area (Å²) < 4.78 is 13.4. The quantitative estimate of drug-likeness (QED) is 0.0811. The van der Waals surface area contributed by atoms with Gasteiger partial charge in [-0.2, -0.15) is 0 Å². The van der Waals surface area contributed by atoms with Crippen molar-refractivity contribution >= 4 is 50.7 Å². The summed E-state index contributed by atoms with van der Waals surface area (Å²) in [6.07, 6.45) is 2.18. The predicted molar refractivity (Wildman–Crippen MR) is 216 cm³/mol. The summed E-state index contributed by atoms with van der Waals surface area (Å²) in [7, 11) is 0. The van der Waals surface area contributed by atoms with Gasteiger partial charge in [-0.05, 0) is 129 Å². The number of carbonyl (C=O) groups excluding carboxylic acids is 4. The zero-order chi connectivity index (χ0) is 39.5. The third kappa shape index (κ3) is 8.43. The van der Waals surface area contributed by atoms with E-state index in [1.54, 1.807) is 42.5 Å². The number of ether oxygens (including phenoxy) is 2. The molecule has 0 spiro atoms. The van der Waals surface area contributed by atoms with Gasteiger partial charge in [0.1, 0.15) is 35.6 Å². The number of rotatable bonds is 13. The van der Waals surface area contributed by atoms with Crippen LogP contribution in [0.25, 0.3) is 20.5 Å². The van der Waals surface area contributed by atoms with Crippen molar-refractivity contribution in [2.45, 2.75) is 31.7 Å². The summed E-state index contributed by atoms with van der Waals surface area (Å²) in [5.74, 6) is 0.463. The standard InChI is InChI=1S/C43H43N5O8S/c49-29-6-3-27(4-7-29)40-39(34-14-8-30(50)26-37(34)57-40)56-32-11-9-31(10-12-32)55-24-23-47-20-2-19-46(21-22-47)18-1-17-44-28-5-13-33-35(25-28)43(54)48(42(33)53)36-15-16-38(51)45-41(36)52/h3-14,25-26,36,44,49-50H,1-2,15-24H2,(H,45,51,52). The van der Waals surface area contributed by atoms with Gasteiger partial charge in [0.25, 0.3) is 11.8 Å². The predicted octanol–water partition coefficient (Wildman–Crippen LogP) is 6.06. The molecule has 0 saturated carbocycles. The molecule has 57 heavy (non-hydrogen) atoms. The van der Waals surface area contributed by atoms with Gasteiger partial charge in [0.2, 0.25) is 11.8 Å². The molecule has 1 aromatic heterocycles. The molecule has 4 amide bonds. The second-order valence-corrected chi connectivity index (χ2v) is 15.5. The number of amides is 4. The number of nitrogens with zero attached hydrogens (tertiary/aromatic N) is 3. The van der Waals surface area contributed by atoms with Gasteiger partial charge in [0.05, 0.1) is 16.0 Å². The normalized spacial score (nSPS) is 17.8. The Labute approximate surface area is 333 Å². The van der Waals surface area contributed by atoms with Crippen molar-refractivity contribution in [2.24, 2.45) is 0 Å². The number of anilines is 1. The molecular formula is C43H43N5O8S. The van der Waals surface area contributed by atoms with Gasteiger partial charge < -0.3 is 29.9 Å². The highest BCUT2D eigenvalue weighted by Crippen LogP contribution is 2.47. The van der Waals surface area contributed by atoms with Crippen molar-refractivity contribution in [1.29, 1.82) is 0 Å². The summed E-state index contributed by atoms with van der Waals surface area (Å²) in [5, 5.41) is 26.4. The third-order valence-corrected chi connectivity index (χ3v) is 11.8. The molecule has 0 bridgehead atoms. The number of hydrogen-bond acceptors (Lipinski definition) is 12. The lowest BCUT2D eigenvalue weighted by Gasteiger charge is -2.27. The fourth-order valence-corrected chi connectivity index (χ4v) is 8.74. The number of phenolic OH excluding ortho intramolecular Hbond substituents is 2. The molecule has 14 heteroatoms. The number of aromatic hydroxyl groups is 2. The zero-order valence-electron chi connectivity index (χ0n) is 31.2. The maximum absolute atomic E-state index is 13.2. The lowest BCUT2D eigenvalue weighted by molar-refractivity contribution is -0.136. The molecule has 4 N–H and O–H groups in total. The Balaban J connectivity index is 0.771. The van der Waals surface area contributed by atoms with Crippen LogP contribution in [0.5, 0.6) is 28.7 Å². The number of thiophene rings is 1. The Bertz CT molecular complexity index is 2310. The summed E-state index contributed by atoms with van der Waals surface area (Å²) in [6, 6.07) is 23.9. The van der Waals surface area contributed by atoms with Crippen LogP contribution in [-0.4, -0.2) is 107 Å². The van der Waals surface area contributed by atoms with E-state index < -0.39 is 29.7 Å². The van der Waals surface area contributed by atoms with E-state index in [9.17, 15) is 29.4 Å². The monoisotopic (exact) mass is 789 g/mol. The molecule has 2 saturated heterocycles. The molecule has 3 aliphatic rings. The van der Waals surface area contributed by atoms with Gasteiger partial charge in [-0.1, -0.05) is 0 Å². The number of fused-ring (bicyclic) bond motifs is 2. The molecule has 4 aromatic carbocycles. The van der Waals surface area contributed by atoms with Crippen LogP contribution in [0.1, 0.15) is 46.4 Å². The van der Waals surface area contributed by atoms with E-state index in [1.807, 2.05) is 42.5 Å². The first-order valence-electron chi connectivity index (χ1n) is 19.2. The summed E-state index contributed by atoms with van der Waals surface area (Å²) in [5.41, 5.74) is 2.19. The van der Waals surface area contributed by atoms with E-state index in [0.717, 1.165) is 89.0 Å². The minimum atomic E-state index is -0.978. The van der Waals surface area contributed by atoms with E-state index in [-0.39, 0.29) is 35.5 Å². The van der Waals surface area contributed by atoms with E-state index >= 15 is 0 Å². The van der Waals surface area contributed by atoms with Gasteiger partial charge >= 0.3 is 0 Å². The lowest BCUT2D eigenvalue weighted by Crippen LogP contribution is -2.54. The number of hydrogen-bond donors (Lipinski definition) is 4. The Morgan fingerprint density at radius 1 is 0.772 bits per heavy atom. The minimum Gasteiger partial charge on any atom is -0.508 e. The highest BCUT2D eigenvalue weighted by molar-refractivity contribution is 7.22. The van der Waals surface area contributed by atoms with Crippen LogP contribution in [-0.2, 0) is 9.59 Å². The number of benzene rings is 4. The van der Waals surface area contributed by atoms with Crippen molar-refractivity contribution in [3.05, 3.63) is 96.1 Å². The van der Waals surface area contributed by atoms with Gasteiger partial charge in [-0.25, -0.2) is 0 Å². The van der Waals surface area contributed by atoms with Crippen LogP contribution >= 0.6 is 11.3 Å². The van der Waals surface area contributed by atoms with Crippen LogP contribution in [0.2, 0.25) is 0 Å². The van der Waals surface area contributed by atoms with Gasteiger partial charge in [-0.3, -0.25) is 34.3 Å². The van der Waals surface area contributed by atoms with Crippen LogP contribution in [0.15, 0.2) is 84.9 Å². The van der Waals surface area contributed by atoms with Crippen molar-refractivity contribution in [2.75, 3.05) is 57.7 Å². The fraction of sp³-hybridized carbons (Fsp3) is 0.302. The molecule has 0 aliphatic carbocycles. The average Bonchev–Trinajstić information content (AvgIpc) is 3.55. The van der Waals surface area contributed by atoms with E-state index in [1.165, 1.54) is 11.3 Å². The molecule has 4 heterocycles. The number of phenols is 2. The number of carbonyl (C=O) groups is 4. The first-order valence-corrected chi connectivity index (χ1v) is 20.0. The molecular weight excluding hydrogens is 747 g/mol. The Morgan fingerprint density at radius 3 is 2.26 bits per heavy atom. The number of nitrogens with one attached hydrogen (secondary N) is 2. The molecule has 3 aliphatic heterocycles. The highest BCUT2D eigenvalue weighted by atomic mass is 32.1. The molecule has 1 unspecified atom stereocenters. The minimum absolute atomic E-state index is 0.0865. The van der Waals surface area contributed by atoms with Crippen LogP contribution < -0.4 is 20.1 Å². The zero-order valence-corrected chi connectivity index (χ0v) is 32.1. The summed E-state index contributed by atoms with van der Waals surface area (Å²) >= 11 is 1.52. The van der Waals surface area contributed by atoms with Crippen LogP contribution in [0, 0.1) is 0 Å². The Morgan fingerprint density at radius 2 is 1.49 bits per heavy atom. The van der Waals surface area contributed by atoms with Crippen molar-refractivity contribution in [3.63, 3.8) is 0 Å². The number of imide groups is 2. The van der Waals surface area contributed by atoms with Crippen molar-refractivity contribution in [1.82, 2.24) is 20.0 Å². The Kier molecular flexibility index (Phi) is 11.1. The Hall–Kier alpha value is -5.96. The molecule has 1 atom stereocenters. The maximum atomic E-state index is 13.2. The van der Waals surface area contributed by atoms with Crippen LogP contribution in [0.3, 0.4) is 0 Å². The second kappa shape index (κ2) is 16.6. The average molecular weight is 790 g/mol. The van der Waals surface area contributed by atoms with Gasteiger partial charge in [-0.15, -0.1) is 11.3 Å².